The smallest absolute Gasteiger partial charge is 0.135 e. The van der Waals surface area contributed by atoms with E-state index in [0.717, 1.165) is 41.3 Å². The number of ether oxygens (including phenoxy) is 1. The molecule has 0 aliphatic carbocycles. The average Bonchev–Trinajstić information content (AvgIpc) is 2.76. The first-order valence-electron chi connectivity index (χ1n) is 7.20. The zero-order chi connectivity index (χ0) is 14.8. The number of hydrogen-bond acceptors (Lipinski definition) is 3. The molecular formula is C17H19N3O. The van der Waals surface area contributed by atoms with Crippen LogP contribution in [0.3, 0.4) is 0 Å². The molecule has 0 aromatic heterocycles. The summed E-state index contributed by atoms with van der Waals surface area (Å²) in [5, 5.41) is 18.9. The minimum Gasteiger partial charge on any atom is -0.385 e. The monoisotopic (exact) mass is 281 g/mol. The van der Waals surface area contributed by atoms with Crippen molar-refractivity contribution < 1.29 is 4.74 Å². The maximum absolute atomic E-state index is 8.43. The molecule has 4 nitrogen and oxygen atoms in total. The predicted octanol–water partition coefficient (Wildman–Crippen LogP) is 3.23. The molecule has 2 N–H and O–H groups in total. The first-order valence-corrected chi connectivity index (χ1v) is 7.20. The van der Waals surface area contributed by atoms with E-state index in [1.54, 1.807) is 12.0 Å². The van der Waals surface area contributed by atoms with Crippen molar-refractivity contribution in [3.63, 3.8) is 0 Å². The molecule has 0 saturated heterocycles. The summed E-state index contributed by atoms with van der Waals surface area (Å²) in [6, 6.07) is 12.1. The van der Waals surface area contributed by atoms with Gasteiger partial charge in [-0.05, 0) is 29.7 Å². The molecule has 1 aliphatic heterocycles. The third-order valence-electron chi connectivity index (χ3n) is 3.94. The molecule has 0 saturated carbocycles. The summed E-state index contributed by atoms with van der Waals surface area (Å²) >= 11 is 0. The summed E-state index contributed by atoms with van der Waals surface area (Å²) in [7, 11) is 1.70. The number of hydrogen-bond donors (Lipinski definition) is 2. The van der Waals surface area contributed by atoms with Crippen molar-refractivity contribution in [2.75, 3.05) is 20.3 Å². The molecule has 0 amide bonds. The van der Waals surface area contributed by atoms with Crippen LogP contribution in [-0.4, -0.2) is 36.8 Å². The van der Waals surface area contributed by atoms with Crippen molar-refractivity contribution in [1.29, 1.82) is 10.8 Å². The first kappa shape index (κ1) is 13.8. The summed E-state index contributed by atoms with van der Waals surface area (Å²) < 4.78 is 5.05. The Kier molecular flexibility index (Phi) is 3.71. The largest absolute Gasteiger partial charge is 0.385 e. The molecule has 0 bridgehead atoms. The van der Waals surface area contributed by atoms with Gasteiger partial charge < -0.3 is 9.64 Å². The fraction of sp³-hybridized carbons (Fsp3) is 0.294. The summed E-state index contributed by atoms with van der Waals surface area (Å²) in [5.74, 6) is 0.891. The van der Waals surface area contributed by atoms with Gasteiger partial charge in [0, 0.05) is 31.4 Å². The molecule has 3 rings (SSSR count). The van der Waals surface area contributed by atoms with Crippen LogP contribution in [0.25, 0.3) is 10.8 Å². The minimum absolute atomic E-state index is 0.443. The van der Waals surface area contributed by atoms with Crippen LogP contribution in [0.5, 0.6) is 0 Å². The SMILES string of the molecule is COCCCCN1C(=N)c2ccc3ccccc3c2C1=N. The van der Waals surface area contributed by atoms with Crippen LogP contribution in [-0.2, 0) is 4.74 Å². The number of rotatable bonds is 5. The van der Waals surface area contributed by atoms with E-state index in [1.807, 2.05) is 36.4 Å². The lowest BCUT2D eigenvalue weighted by molar-refractivity contribution is 0.191. The topological polar surface area (TPSA) is 60.2 Å². The predicted molar refractivity (Wildman–Crippen MR) is 85.4 cm³/mol. The number of nitrogens with zero attached hydrogens (tertiary/aromatic N) is 1. The third kappa shape index (κ3) is 2.32. The maximum atomic E-state index is 8.43. The molecule has 1 heterocycles. The van der Waals surface area contributed by atoms with E-state index in [-0.39, 0.29) is 0 Å². The number of benzene rings is 2. The summed E-state index contributed by atoms with van der Waals surface area (Å²) in [5.41, 5.74) is 1.76. The fourth-order valence-electron chi connectivity index (χ4n) is 2.86. The quantitative estimate of drug-likeness (QED) is 0.827. The fourth-order valence-corrected chi connectivity index (χ4v) is 2.86. The molecule has 21 heavy (non-hydrogen) atoms. The Bertz CT molecular complexity index is 708. The summed E-state index contributed by atoms with van der Waals surface area (Å²) in [4.78, 5) is 1.80. The van der Waals surface area contributed by atoms with Crippen molar-refractivity contribution in [2.24, 2.45) is 0 Å². The van der Waals surface area contributed by atoms with E-state index in [9.17, 15) is 0 Å². The van der Waals surface area contributed by atoms with Gasteiger partial charge in [0.1, 0.15) is 11.7 Å². The lowest BCUT2D eigenvalue weighted by atomic mass is 10.0. The summed E-state index contributed by atoms with van der Waals surface area (Å²) in [6.45, 7) is 1.43. The van der Waals surface area contributed by atoms with Gasteiger partial charge >= 0.3 is 0 Å². The molecule has 0 fully saturated rings. The van der Waals surface area contributed by atoms with E-state index in [4.69, 9.17) is 15.6 Å². The van der Waals surface area contributed by atoms with Crippen LogP contribution < -0.4 is 0 Å². The Labute approximate surface area is 124 Å². The second-order valence-electron chi connectivity index (χ2n) is 5.26. The Morgan fingerprint density at radius 2 is 1.81 bits per heavy atom. The molecule has 2 aromatic carbocycles. The van der Waals surface area contributed by atoms with Crippen LogP contribution in [0.1, 0.15) is 24.0 Å². The number of methoxy groups -OCH3 is 1. The lowest BCUT2D eigenvalue weighted by Gasteiger charge is -2.17. The third-order valence-corrected chi connectivity index (χ3v) is 3.94. The van der Waals surface area contributed by atoms with Crippen molar-refractivity contribution >= 4 is 22.4 Å². The van der Waals surface area contributed by atoms with Gasteiger partial charge in [-0.25, -0.2) is 0 Å². The van der Waals surface area contributed by atoms with Crippen LogP contribution in [0.4, 0.5) is 0 Å². The highest BCUT2D eigenvalue weighted by Gasteiger charge is 2.30. The van der Waals surface area contributed by atoms with Gasteiger partial charge in [-0.1, -0.05) is 30.3 Å². The van der Waals surface area contributed by atoms with Gasteiger partial charge in [-0.3, -0.25) is 10.8 Å². The molecule has 0 spiro atoms. The average molecular weight is 281 g/mol. The van der Waals surface area contributed by atoms with Crippen molar-refractivity contribution in [3.05, 3.63) is 47.5 Å². The highest BCUT2D eigenvalue weighted by atomic mass is 16.5. The number of amidine groups is 2. The Balaban J connectivity index is 1.91. The van der Waals surface area contributed by atoms with E-state index in [0.29, 0.717) is 18.2 Å². The second kappa shape index (κ2) is 5.66. The lowest BCUT2D eigenvalue weighted by Crippen LogP contribution is -2.30. The maximum Gasteiger partial charge on any atom is 0.135 e. The number of fused-ring (bicyclic) bond motifs is 3. The van der Waals surface area contributed by atoms with E-state index in [1.165, 1.54) is 0 Å². The Hall–Kier alpha value is -2.20. The van der Waals surface area contributed by atoms with Gasteiger partial charge in [0.2, 0.25) is 0 Å². The zero-order valence-corrected chi connectivity index (χ0v) is 12.1. The van der Waals surface area contributed by atoms with Crippen LogP contribution >= 0.6 is 0 Å². The summed E-state index contributed by atoms with van der Waals surface area (Å²) in [6.07, 6.45) is 1.87. The molecule has 2 aromatic rings. The molecule has 0 atom stereocenters. The highest BCUT2D eigenvalue weighted by Crippen LogP contribution is 2.30. The minimum atomic E-state index is 0.443. The molecule has 108 valence electrons. The van der Waals surface area contributed by atoms with Crippen LogP contribution in [0, 0.1) is 10.8 Å². The zero-order valence-electron chi connectivity index (χ0n) is 12.1. The van der Waals surface area contributed by atoms with Crippen LogP contribution in [0.2, 0.25) is 0 Å². The molecule has 0 unspecified atom stereocenters. The Morgan fingerprint density at radius 1 is 1.00 bits per heavy atom. The van der Waals surface area contributed by atoms with Crippen molar-refractivity contribution in [3.8, 4) is 0 Å². The van der Waals surface area contributed by atoms with E-state index in [2.05, 4.69) is 0 Å². The highest BCUT2D eigenvalue weighted by molar-refractivity contribution is 6.28. The second-order valence-corrected chi connectivity index (χ2v) is 5.26. The molecule has 4 heteroatoms. The molecular weight excluding hydrogens is 262 g/mol. The van der Waals surface area contributed by atoms with Gasteiger partial charge in [0.05, 0.1) is 0 Å². The van der Waals surface area contributed by atoms with E-state index >= 15 is 0 Å². The van der Waals surface area contributed by atoms with E-state index < -0.39 is 0 Å². The number of unbranched alkanes of at least 4 members (excludes halogenated alkanes) is 1. The molecule has 1 aliphatic rings. The van der Waals surface area contributed by atoms with Gasteiger partial charge in [0.15, 0.2) is 0 Å². The van der Waals surface area contributed by atoms with Gasteiger partial charge in [-0.15, -0.1) is 0 Å². The van der Waals surface area contributed by atoms with Gasteiger partial charge in [-0.2, -0.15) is 0 Å². The molecule has 0 radical (unpaired) electrons. The Morgan fingerprint density at radius 3 is 2.62 bits per heavy atom. The van der Waals surface area contributed by atoms with Gasteiger partial charge in [0.25, 0.3) is 0 Å². The van der Waals surface area contributed by atoms with Crippen LogP contribution in [0.15, 0.2) is 36.4 Å². The first-order chi connectivity index (χ1) is 10.2. The number of nitrogens with one attached hydrogen (secondary N) is 2. The van der Waals surface area contributed by atoms with Crippen molar-refractivity contribution in [2.45, 2.75) is 12.8 Å². The normalized spacial score (nSPS) is 14.0. The standard InChI is InChI=1S/C17H19N3O/c1-21-11-5-4-10-20-16(18)14-9-8-12-6-2-3-7-13(12)15(14)17(20)19/h2-3,6-9,18-19H,4-5,10-11H2,1H3. The van der Waals surface area contributed by atoms with Crippen molar-refractivity contribution in [1.82, 2.24) is 4.90 Å².